The largest absolute Gasteiger partial charge is 0.496 e. The fourth-order valence-corrected chi connectivity index (χ4v) is 4.66. The molecule has 1 fully saturated rings. The lowest BCUT2D eigenvalue weighted by atomic mass is 9.95. The lowest BCUT2D eigenvalue weighted by Gasteiger charge is -2.19. The lowest BCUT2D eigenvalue weighted by molar-refractivity contribution is 0.403. The number of methoxy groups -OCH3 is 1. The fraction of sp³-hybridized carbons (Fsp3) is 0.333. The normalized spacial score (nSPS) is 16.6. The van der Waals surface area contributed by atoms with E-state index in [1.54, 1.807) is 24.6 Å². The van der Waals surface area contributed by atoms with Crippen molar-refractivity contribution in [2.24, 2.45) is 0 Å². The molecule has 4 nitrogen and oxygen atoms in total. The van der Waals surface area contributed by atoms with Gasteiger partial charge in [0.05, 0.1) is 7.11 Å². The zero-order valence-electron chi connectivity index (χ0n) is 11.7. The quantitative estimate of drug-likeness (QED) is 0.889. The molecule has 1 aromatic carbocycles. The van der Waals surface area contributed by atoms with Crippen LogP contribution in [0.1, 0.15) is 18.4 Å². The van der Waals surface area contributed by atoms with Crippen molar-refractivity contribution in [1.29, 1.82) is 0 Å². The van der Waals surface area contributed by atoms with E-state index in [2.05, 4.69) is 4.72 Å². The molecule has 1 aliphatic rings. The van der Waals surface area contributed by atoms with Gasteiger partial charge in [0, 0.05) is 17.5 Å². The summed E-state index contributed by atoms with van der Waals surface area (Å²) < 4.78 is 32.9. The van der Waals surface area contributed by atoms with Crippen LogP contribution >= 0.6 is 11.3 Å². The van der Waals surface area contributed by atoms with Gasteiger partial charge in [0.1, 0.15) is 9.96 Å². The molecular weight excluding hydrogens is 306 g/mol. The number of ether oxygens (including phenoxy) is 1. The van der Waals surface area contributed by atoms with E-state index in [9.17, 15) is 8.42 Å². The third kappa shape index (κ3) is 2.84. The summed E-state index contributed by atoms with van der Waals surface area (Å²) in [7, 11) is -1.77. The molecular formula is C15H17NO3S2. The highest BCUT2D eigenvalue weighted by atomic mass is 32.2. The first-order valence-electron chi connectivity index (χ1n) is 6.74. The average molecular weight is 323 g/mol. The lowest BCUT2D eigenvalue weighted by Crippen LogP contribution is -2.32. The topological polar surface area (TPSA) is 55.4 Å². The van der Waals surface area contributed by atoms with Crippen molar-refractivity contribution < 1.29 is 13.2 Å². The SMILES string of the molecule is COc1ccccc1C1(CNS(=O)(=O)c2cccs2)CC1. The maximum absolute atomic E-state index is 12.2. The molecule has 6 heteroatoms. The first-order chi connectivity index (χ1) is 10.1. The average Bonchev–Trinajstić information content (AvgIpc) is 3.07. The van der Waals surface area contributed by atoms with Crippen molar-refractivity contribution in [3.05, 3.63) is 47.3 Å². The van der Waals surface area contributed by atoms with Crippen molar-refractivity contribution >= 4 is 21.4 Å². The molecule has 1 N–H and O–H groups in total. The molecule has 0 unspecified atom stereocenters. The number of para-hydroxylation sites is 1. The molecule has 21 heavy (non-hydrogen) atoms. The van der Waals surface area contributed by atoms with Crippen LogP contribution in [0.15, 0.2) is 46.0 Å². The molecule has 0 saturated heterocycles. The van der Waals surface area contributed by atoms with Gasteiger partial charge in [-0.05, 0) is 30.4 Å². The molecule has 2 aromatic rings. The number of nitrogens with one attached hydrogen (secondary N) is 1. The smallest absolute Gasteiger partial charge is 0.250 e. The summed E-state index contributed by atoms with van der Waals surface area (Å²) in [5, 5.41) is 1.77. The zero-order valence-corrected chi connectivity index (χ0v) is 13.3. The predicted molar refractivity (Wildman–Crippen MR) is 83.4 cm³/mol. The molecule has 1 saturated carbocycles. The monoisotopic (exact) mass is 323 g/mol. The first kappa shape index (κ1) is 14.6. The van der Waals surface area contributed by atoms with E-state index in [1.165, 1.54) is 11.3 Å². The standard InChI is InChI=1S/C15H17NO3S2/c1-19-13-6-3-2-5-12(13)15(8-9-15)11-16-21(17,18)14-7-4-10-20-14/h2-7,10,16H,8-9,11H2,1H3. The fourth-order valence-electron chi connectivity index (χ4n) is 2.50. The molecule has 0 aliphatic heterocycles. The Hall–Kier alpha value is -1.37. The third-order valence-electron chi connectivity index (χ3n) is 3.89. The maximum Gasteiger partial charge on any atom is 0.250 e. The number of benzene rings is 1. The molecule has 0 bridgehead atoms. The van der Waals surface area contributed by atoms with Crippen LogP contribution in [0.3, 0.4) is 0 Å². The van der Waals surface area contributed by atoms with Crippen LogP contribution in [-0.2, 0) is 15.4 Å². The summed E-state index contributed by atoms with van der Waals surface area (Å²) in [6.45, 7) is 0.410. The Morgan fingerprint density at radius 3 is 2.62 bits per heavy atom. The molecule has 0 atom stereocenters. The molecule has 0 amide bonds. The van der Waals surface area contributed by atoms with Gasteiger partial charge in [-0.25, -0.2) is 13.1 Å². The molecule has 112 valence electrons. The summed E-state index contributed by atoms with van der Waals surface area (Å²) in [6.07, 6.45) is 1.95. The van der Waals surface area contributed by atoms with Crippen LogP contribution in [0.5, 0.6) is 5.75 Å². The Morgan fingerprint density at radius 1 is 1.24 bits per heavy atom. The van der Waals surface area contributed by atoms with Crippen LogP contribution in [0.2, 0.25) is 0 Å². The highest BCUT2D eigenvalue weighted by molar-refractivity contribution is 7.91. The molecule has 1 heterocycles. The highest BCUT2D eigenvalue weighted by Gasteiger charge is 2.46. The number of hydrogen-bond donors (Lipinski definition) is 1. The zero-order chi connectivity index (χ0) is 14.9. The molecule has 1 aromatic heterocycles. The van der Waals surface area contributed by atoms with Crippen LogP contribution in [-0.4, -0.2) is 22.1 Å². The Balaban J connectivity index is 1.79. The Labute approximate surface area is 128 Å². The van der Waals surface area contributed by atoms with Crippen LogP contribution < -0.4 is 9.46 Å². The summed E-state index contributed by atoms with van der Waals surface area (Å²) in [5.41, 5.74) is 0.957. The van der Waals surface area contributed by atoms with Gasteiger partial charge in [-0.1, -0.05) is 24.3 Å². The minimum absolute atomic E-state index is 0.128. The van der Waals surface area contributed by atoms with E-state index in [0.717, 1.165) is 24.2 Å². The Bertz CT molecular complexity index is 719. The van der Waals surface area contributed by atoms with Crippen LogP contribution in [0.4, 0.5) is 0 Å². The summed E-state index contributed by atoms with van der Waals surface area (Å²) in [5.74, 6) is 0.824. The van der Waals surface area contributed by atoms with Crippen LogP contribution in [0.25, 0.3) is 0 Å². The van der Waals surface area contributed by atoms with Crippen molar-refractivity contribution in [3.63, 3.8) is 0 Å². The summed E-state index contributed by atoms with van der Waals surface area (Å²) in [6, 6.07) is 11.2. The van der Waals surface area contributed by atoms with E-state index in [0.29, 0.717) is 10.8 Å². The van der Waals surface area contributed by atoms with Gasteiger partial charge >= 0.3 is 0 Å². The van der Waals surface area contributed by atoms with E-state index in [1.807, 2.05) is 24.3 Å². The second-order valence-corrected chi connectivity index (χ2v) is 8.18. The number of hydrogen-bond acceptors (Lipinski definition) is 4. The van der Waals surface area contributed by atoms with Gasteiger partial charge in [0.2, 0.25) is 10.0 Å². The van der Waals surface area contributed by atoms with Crippen molar-refractivity contribution in [3.8, 4) is 5.75 Å². The summed E-state index contributed by atoms with van der Waals surface area (Å²) >= 11 is 1.23. The first-order valence-corrected chi connectivity index (χ1v) is 9.10. The minimum Gasteiger partial charge on any atom is -0.496 e. The van der Waals surface area contributed by atoms with E-state index < -0.39 is 10.0 Å². The summed E-state index contributed by atoms with van der Waals surface area (Å²) in [4.78, 5) is 0. The third-order valence-corrected chi connectivity index (χ3v) is 6.69. The minimum atomic E-state index is -3.41. The maximum atomic E-state index is 12.2. The number of thiophene rings is 1. The van der Waals surface area contributed by atoms with E-state index >= 15 is 0 Å². The van der Waals surface area contributed by atoms with E-state index in [-0.39, 0.29) is 5.41 Å². The second-order valence-electron chi connectivity index (χ2n) is 5.24. The molecule has 0 spiro atoms. The van der Waals surface area contributed by atoms with Gasteiger partial charge < -0.3 is 4.74 Å². The van der Waals surface area contributed by atoms with E-state index in [4.69, 9.17) is 4.74 Å². The molecule has 0 radical (unpaired) electrons. The van der Waals surface area contributed by atoms with Gasteiger partial charge in [-0.2, -0.15) is 0 Å². The van der Waals surface area contributed by atoms with Gasteiger partial charge in [-0.3, -0.25) is 0 Å². The van der Waals surface area contributed by atoms with Crippen molar-refractivity contribution in [1.82, 2.24) is 4.72 Å². The predicted octanol–water partition coefficient (Wildman–Crippen LogP) is 2.77. The molecule has 3 rings (SSSR count). The number of rotatable bonds is 6. The van der Waals surface area contributed by atoms with Gasteiger partial charge in [-0.15, -0.1) is 11.3 Å². The Morgan fingerprint density at radius 2 is 2.00 bits per heavy atom. The number of sulfonamides is 1. The van der Waals surface area contributed by atoms with Gasteiger partial charge in [0.15, 0.2) is 0 Å². The molecule has 1 aliphatic carbocycles. The highest BCUT2D eigenvalue weighted by Crippen LogP contribution is 2.50. The van der Waals surface area contributed by atoms with Crippen molar-refractivity contribution in [2.45, 2.75) is 22.5 Å². The second kappa shape index (κ2) is 5.44. The van der Waals surface area contributed by atoms with Crippen LogP contribution in [0, 0.1) is 0 Å². The van der Waals surface area contributed by atoms with Crippen molar-refractivity contribution in [2.75, 3.05) is 13.7 Å². The Kier molecular flexibility index (Phi) is 3.77. The van der Waals surface area contributed by atoms with Gasteiger partial charge in [0.25, 0.3) is 0 Å².